The number of carbonyl (C=O) groups excluding carboxylic acids is 2. The summed E-state index contributed by atoms with van der Waals surface area (Å²) in [5.74, 6) is 1.10. The highest BCUT2D eigenvalue weighted by Crippen LogP contribution is 2.32. The van der Waals surface area contributed by atoms with E-state index in [9.17, 15) is 9.59 Å². The summed E-state index contributed by atoms with van der Waals surface area (Å²) in [7, 11) is 0. The summed E-state index contributed by atoms with van der Waals surface area (Å²) < 4.78 is 10.4. The van der Waals surface area contributed by atoms with Gasteiger partial charge < -0.3 is 9.47 Å². The summed E-state index contributed by atoms with van der Waals surface area (Å²) in [6.45, 7) is 0.165. The molecule has 0 aromatic heterocycles. The number of amides is 2. The highest BCUT2D eigenvalue weighted by molar-refractivity contribution is 5.96. The van der Waals surface area contributed by atoms with Gasteiger partial charge in [-0.3, -0.25) is 20.4 Å². The van der Waals surface area contributed by atoms with Crippen LogP contribution in [0.15, 0.2) is 18.2 Å². The van der Waals surface area contributed by atoms with Gasteiger partial charge in [0.1, 0.15) is 0 Å². The van der Waals surface area contributed by atoms with Gasteiger partial charge in [0.2, 0.25) is 12.7 Å². The van der Waals surface area contributed by atoms with Gasteiger partial charge in [-0.2, -0.15) is 0 Å². The molecule has 6 nitrogen and oxygen atoms in total. The van der Waals surface area contributed by atoms with Crippen molar-refractivity contribution in [3.63, 3.8) is 0 Å². The Balaban J connectivity index is 1.50. The molecule has 2 amide bonds. The molecule has 1 heterocycles. The van der Waals surface area contributed by atoms with E-state index < -0.39 is 0 Å². The second kappa shape index (κ2) is 6.03. The van der Waals surface area contributed by atoms with E-state index in [-0.39, 0.29) is 18.6 Å². The van der Waals surface area contributed by atoms with E-state index >= 15 is 0 Å². The number of hydrazine groups is 1. The molecule has 3 rings (SSSR count). The molecule has 0 radical (unpaired) electrons. The molecule has 1 fully saturated rings. The largest absolute Gasteiger partial charge is 0.454 e. The fraction of sp³-hybridized carbons (Fsp3) is 0.467. The van der Waals surface area contributed by atoms with Crippen molar-refractivity contribution in [3.05, 3.63) is 23.8 Å². The summed E-state index contributed by atoms with van der Waals surface area (Å²) in [5.41, 5.74) is 5.31. The smallest absolute Gasteiger partial charge is 0.269 e. The van der Waals surface area contributed by atoms with E-state index in [0.29, 0.717) is 29.4 Å². The Kier molecular flexibility index (Phi) is 3.94. The van der Waals surface area contributed by atoms with Crippen LogP contribution < -0.4 is 20.3 Å². The van der Waals surface area contributed by atoms with Crippen molar-refractivity contribution in [2.45, 2.75) is 32.1 Å². The number of fused-ring (bicyclic) bond motifs is 1. The van der Waals surface area contributed by atoms with Gasteiger partial charge in [0, 0.05) is 12.0 Å². The summed E-state index contributed by atoms with van der Waals surface area (Å²) in [6.07, 6.45) is 5.07. The van der Waals surface area contributed by atoms with Gasteiger partial charge in [0.25, 0.3) is 5.91 Å². The summed E-state index contributed by atoms with van der Waals surface area (Å²) in [5, 5.41) is 0. The molecule has 21 heavy (non-hydrogen) atoms. The van der Waals surface area contributed by atoms with Crippen molar-refractivity contribution in [2.24, 2.45) is 5.92 Å². The lowest BCUT2D eigenvalue weighted by molar-refractivity contribution is -0.122. The van der Waals surface area contributed by atoms with Gasteiger partial charge in [0.15, 0.2) is 11.5 Å². The zero-order chi connectivity index (χ0) is 14.7. The maximum atomic E-state index is 12.0. The maximum absolute atomic E-state index is 12.0. The third kappa shape index (κ3) is 3.26. The van der Waals surface area contributed by atoms with Gasteiger partial charge in [-0.1, -0.05) is 12.8 Å². The predicted octanol–water partition coefficient (Wildman–Crippen LogP) is 1.76. The van der Waals surface area contributed by atoms with E-state index in [2.05, 4.69) is 10.9 Å². The molecular weight excluding hydrogens is 272 g/mol. The fourth-order valence-corrected chi connectivity index (χ4v) is 2.76. The second-order valence-electron chi connectivity index (χ2n) is 5.42. The number of hydrogen-bond donors (Lipinski definition) is 2. The average molecular weight is 290 g/mol. The monoisotopic (exact) mass is 290 g/mol. The van der Waals surface area contributed by atoms with Crippen molar-refractivity contribution >= 4 is 11.8 Å². The number of benzene rings is 1. The third-order valence-corrected chi connectivity index (χ3v) is 3.90. The normalized spacial score (nSPS) is 16.8. The molecule has 1 aromatic rings. The quantitative estimate of drug-likeness (QED) is 0.832. The van der Waals surface area contributed by atoms with Crippen LogP contribution >= 0.6 is 0 Å². The Bertz CT molecular complexity index is 553. The lowest BCUT2D eigenvalue weighted by Crippen LogP contribution is -2.42. The van der Waals surface area contributed by atoms with Crippen LogP contribution in [0.25, 0.3) is 0 Å². The SMILES string of the molecule is O=C(CC1CCCC1)NNC(=O)c1ccc2c(c1)OCO2. The lowest BCUT2D eigenvalue weighted by Gasteiger charge is -2.10. The first-order valence-electron chi connectivity index (χ1n) is 7.21. The molecule has 2 aliphatic rings. The highest BCUT2D eigenvalue weighted by Gasteiger charge is 2.19. The number of carbonyl (C=O) groups is 2. The molecule has 6 heteroatoms. The second-order valence-corrected chi connectivity index (χ2v) is 5.42. The van der Waals surface area contributed by atoms with Crippen molar-refractivity contribution in [1.29, 1.82) is 0 Å². The Labute approximate surface area is 122 Å². The molecule has 0 bridgehead atoms. The van der Waals surface area contributed by atoms with Crippen molar-refractivity contribution < 1.29 is 19.1 Å². The van der Waals surface area contributed by atoms with E-state index in [4.69, 9.17) is 9.47 Å². The van der Waals surface area contributed by atoms with E-state index in [1.807, 2.05) is 0 Å². The molecule has 0 spiro atoms. The Morgan fingerprint density at radius 3 is 2.67 bits per heavy atom. The topological polar surface area (TPSA) is 76.7 Å². The zero-order valence-corrected chi connectivity index (χ0v) is 11.7. The van der Waals surface area contributed by atoms with Crippen LogP contribution in [0.2, 0.25) is 0 Å². The molecule has 112 valence electrons. The number of hydrogen-bond acceptors (Lipinski definition) is 4. The van der Waals surface area contributed by atoms with Crippen LogP contribution in [0.5, 0.6) is 11.5 Å². The van der Waals surface area contributed by atoms with Crippen molar-refractivity contribution in [1.82, 2.24) is 10.9 Å². The van der Waals surface area contributed by atoms with Crippen LogP contribution in [0.1, 0.15) is 42.5 Å². The first-order valence-corrected chi connectivity index (χ1v) is 7.21. The Morgan fingerprint density at radius 1 is 1.10 bits per heavy atom. The van der Waals surface area contributed by atoms with Gasteiger partial charge in [-0.25, -0.2) is 0 Å². The molecular formula is C15H18N2O4. The number of nitrogens with one attached hydrogen (secondary N) is 2. The van der Waals surface area contributed by atoms with Gasteiger partial charge in [-0.05, 0) is 37.0 Å². The van der Waals surface area contributed by atoms with Crippen LogP contribution in [-0.4, -0.2) is 18.6 Å². The molecule has 0 atom stereocenters. The van der Waals surface area contributed by atoms with Crippen molar-refractivity contribution in [2.75, 3.05) is 6.79 Å². The molecule has 1 saturated carbocycles. The number of rotatable bonds is 3. The lowest BCUT2D eigenvalue weighted by atomic mass is 10.0. The standard InChI is InChI=1S/C15H18N2O4/c18-14(7-10-3-1-2-4-10)16-17-15(19)11-5-6-12-13(8-11)21-9-20-12/h5-6,8,10H,1-4,7,9H2,(H,16,18)(H,17,19). The fourth-order valence-electron chi connectivity index (χ4n) is 2.76. The van der Waals surface area contributed by atoms with Crippen LogP contribution in [0.3, 0.4) is 0 Å². The summed E-state index contributed by atoms with van der Waals surface area (Å²) in [4.78, 5) is 23.7. The van der Waals surface area contributed by atoms with Crippen LogP contribution in [0.4, 0.5) is 0 Å². The molecule has 0 unspecified atom stereocenters. The molecule has 0 saturated heterocycles. The van der Waals surface area contributed by atoms with Gasteiger partial charge in [-0.15, -0.1) is 0 Å². The minimum absolute atomic E-state index is 0.143. The average Bonchev–Trinajstić information content (AvgIpc) is 3.14. The zero-order valence-electron chi connectivity index (χ0n) is 11.7. The van der Waals surface area contributed by atoms with Gasteiger partial charge in [0.05, 0.1) is 0 Å². The molecule has 1 aromatic carbocycles. The van der Waals surface area contributed by atoms with Crippen LogP contribution in [-0.2, 0) is 4.79 Å². The minimum atomic E-state index is -0.368. The summed E-state index contributed by atoms with van der Waals surface area (Å²) in [6, 6.07) is 4.91. The van der Waals surface area contributed by atoms with E-state index in [1.54, 1.807) is 18.2 Å². The van der Waals surface area contributed by atoms with Gasteiger partial charge >= 0.3 is 0 Å². The Morgan fingerprint density at radius 2 is 1.86 bits per heavy atom. The van der Waals surface area contributed by atoms with Crippen LogP contribution in [0, 0.1) is 5.92 Å². The van der Waals surface area contributed by atoms with E-state index in [0.717, 1.165) is 12.8 Å². The predicted molar refractivity (Wildman–Crippen MR) is 74.7 cm³/mol. The minimum Gasteiger partial charge on any atom is -0.454 e. The maximum Gasteiger partial charge on any atom is 0.269 e. The highest BCUT2D eigenvalue weighted by atomic mass is 16.7. The van der Waals surface area contributed by atoms with E-state index in [1.165, 1.54) is 12.8 Å². The number of ether oxygens (including phenoxy) is 2. The molecule has 1 aliphatic carbocycles. The summed E-state index contributed by atoms with van der Waals surface area (Å²) >= 11 is 0. The molecule has 2 N–H and O–H groups in total. The first-order chi connectivity index (χ1) is 10.2. The third-order valence-electron chi connectivity index (χ3n) is 3.90. The molecule has 1 aliphatic heterocycles. The van der Waals surface area contributed by atoms with Crippen molar-refractivity contribution in [3.8, 4) is 11.5 Å². The Hall–Kier alpha value is -2.24. The first kappa shape index (κ1) is 13.7.